The standard InChI is InChI=1S/C37H29ClF2N6O5S2/c1-48-25-8-4-22(5-9-25)17-44-19-31(45-21-41-16-30(45)36(44)47)27-12-24(38)7-11-32(27)51-34-14-29(40)35(15-28(34)39)53-46(37-42-20-43-52-37)18-23-6-10-26(49-2)13-33(23)50-3/h4-16,19-21H,17-18H2,1-3H3. The first kappa shape index (κ1) is 35.7. The van der Waals surface area contributed by atoms with Gasteiger partial charge in [-0.2, -0.15) is 4.37 Å². The predicted molar refractivity (Wildman–Crippen MR) is 200 cm³/mol. The molecule has 0 N–H and O–H groups in total. The lowest BCUT2D eigenvalue weighted by Crippen LogP contribution is -2.22. The Morgan fingerprint density at radius 2 is 1.68 bits per heavy atom. The van der Waals surface area contributed by atoms with Crippen molar-refractivity contribution in [3.05, 3.63) is 136 Å². The molecule has 0 aliphatic rings. The van der Waals surface area contributed by atoms with Crippen LogP contribution in [0.15, 0.2) is 108 Å². The number of ether oxygens (including phenoxy) is 4. The van der Waals surface area contributed by atoms with Gasteiger partial charge in [0.1, 0.15) is 40.7 Å². The minimum atomic E-state index is -0.814. The van der Waals surface area contributed by atoms with Crippen LogP contribution in [0.4, 0.5) is 13.9 Å². The molecule has 4 aromatic carbocycles. The summed E-state index contributed by atoms with van der Waals surface area (Å²) in [6, 6.07) is 19.5. The number of hydrogen-bond donors (Lipinski definition) is 0. The van der Waals surface area contributed by atoms with Crippen LogP contribution in [-0.4, -0.2) is 44.6 Å². The molecule has 0 saturated heterocycles. The summed E-state index contributed by atoms with van der Waals surface area (Å²) in [5, 5.41) is 0.829. The second-order valence-corrected chi connectivity index (χ2v) is 13.7. The number of hydrogen-bond acceptors (Lipinski definition) is 11. The molecule has 0 spiro atoms. The predicted octanol–water partition coefficient (Wildman–Crippen LogP) is 8.53. The van der Waals surface area contributed by atoms with E-state index in [0.29, 0.717) is 44.2 Å². The van der Waals surface area contributed by atoms with Gasteiger partial charge in [0.2, 0.25) is 5.13 Å². The molecule has 0 aliphatic carbocycles. The number of methoxy groups -OCH3 is 3. The number of aromatic nitrogens is 5. The summed E-state index contributed by atoms with van der Waals surface area (Å²) >= 11 is 8.52. The van der Waals surface area contributed by atoms with Gasteiger partial charge in [-0.15, -0.1) is 0 Å². The third-order valence-corrected chi connectivity index (χ3v) is 10.2. The Labute approximate surface area is 315 Å². The largest absolute Gasteiger partial charge is 0.497 e. The highest BCUT2D eigenvalue weighted by molar-refractivity contribution is 8.00. The molecular weight excluding hydrogens is 746 g/mol. The topological polar surface area (TPSA) is 105 Å². The lowest BCUT2D eigenvalue weighted by molar-refractivity contribution is 0.391. The molecule has 3 heterocycles. The highest BCUT2D eigenvalue weighted by Gasteiger charge is 2.22. The quantitative estimate of drug-likeness (QED) is 0.106. The summed E-state index contributed by atoms with van der Waals surface area (Å²) in [5.74, 6) is 0.112. The Morgan fingerprint density at radius 1 is 0.887 bits per heavy atom. The number of imidazole rings is 1. The first-order chi connectivity index (χ1) is 25.7. The van der Waals surface area contributed by atoms with E-state index in [4.69, 9.17) is 30.5 Å². The van der Waals surface area contributed by atoms with Crippen LogP contribution in [0, 0.1) is 11.6 Å². The van der Waals surface area contributed by atoms with Crippen LogP contribution < -0.4 is 28.8 Å². The van der Waals surface area contributed by atoms with Gasteiger partial charge >= 0.3 is 0 Å². The van der Waals surface area contributed by atoms with Crippen molar-refractivity contribution in [3.8, 4) is 40.0 Å². The van der Waals surface area contributed by atoms with Crippen molar-refractivity contribution in [1.82, 2.24) is 23.3 Å². The molecule has 16 heteroatoms. The van der Waals surface area contributed by atoms with E-state index in [1.54, 1.807) is 59.5 Å². The van der Waals surface area contributed by atoms with Gasteiger partial charge in [-0.1, -0.05) is 23.7 Å². The second-order valence-electron chi connectivity index (χ2n) is 11.4. The van der Waals surface area contributed by atoms with E-state index < -0.39 is 11.6 Å². The maximum atomic E-state index is 15.9. The first-order valence-electron chi connectivity index (χ1n) is 15.8. The SMILES string of the molecule is COc1ccc(Cn2cc(-c3cc(Cl)ccc3Oc3cc(F)c(SN(Cc4ccc(OC)cc4OC)c4ncns4)cc3F)n3cncc3c2=O)cc1. The minimum absolute atomic E-state index is 0.0143. The summed E-state index contributed by atoms with van der Waals surface area (Å²) < 4.78 is 62.9. The van der Waals surface area contributed by atoms with E-state index in [-0.39, 0.29) is 35.0 Å². The molecule has 0 aliphatic heterocycles. The lowest BCUT2D eigenvalue weighted by atomic mass is 10.1. The Hall–Kier alpha value is -5.64. The summed E-state index contributed by atoms with van der Waals surface area (Å²) in [5.41, 5.74) is 2.53. The molecule has 3 aromatic heterocycles. The van der Waals surface area contributed by atoms with Gasteiger partial charge in [0.05, 0.1) is 57.5 Å². The zero-order valence-electron chi connectivity index (χ0n) is 28.3. The molecule has 53 heavy (non-hydrogen) atoms. The van der Waals surface area contributed by atoms with Gasteiger partial charge in [-0.25, -0.2) is 18.7 Å². The van der Waals surface area contributed by atoms with E-state index in [0.717, 1.165) is 46.7 Å². The van der Waals surface area contributed by atoms with Crippen LogP contribution in [-0.2, 0) is 13.1 Å². The summed E-state index contributed by atoms with van der Waals surface area (Å²) in [7, 11) is 4.67. The number of halogens is 3. The molecule has 0 bridgehead atoms. The maximum Gasteiger partial charge on any atom is 0.276 e. The van der Waals surface area contributed by atoms with Crippen molar-refractivity contribution in [2.24, 2.45) is 0 Å². The molecule has 0 fully saturated rings. The van der Waals surface area contributed by atoms with Crippen LogP contribution >= 0.6 is 35.1 Å². The van der Waals surface area contributed by atoms with Crippen LogP contribution in [0.1, 0.15) is 11.1 Å². The highest BCUT2D eigenvalue weighted by atomic mass is 35.5. The van der Waals surface area contributed by atoms with Crippen molar-refractivity contribution in [2.45, 2.75) is 18.0 Å². The van der Waals surface area contributed by atoms with Gasteiger partial charge in [0, 0.05) is 46.0 Å². The fraction of sp³-hybridized carbons (Fsp3) is 0.135. The van der Waals surface area contributed by atoms with E-state index in [1.165, 1.54) is 30.5 Å². The fourth-order valence-corrected chi connectivity index (χ4v) is 7.24. The maximum absolute atomic E-state index is 15.9. The van der Waals surface area contributed by atoms with Crippen molar-refractivity contribution in [1.29, 1.82) is 0 Å². The Bertz CT molecular complexity index is 2460. The smallest absolute Gasteiger partial charge is 0.276 e. The van der Waals surface area contributed by atoms with E-state index in [1.807, 2.05) is 30.3 Å². The normalized spacial score (nSPS) is 11.1. The van der Waals surface area contributed by atoms with Crippen molar-refractivity contribution >= 4 is 45.7 Å². The number of benzene rings is 4. The Balaban J connectivity index is 1.21. The molecule has 0 radical (unpaired) electrons. The van der Waals surface area contributed by atoms with Gasteiger partial charge in [0.25, 0.3) is 5.56 Å². The summed E-state index contributed by atoms with van der Waals surface area (Å²) in [4.78, 5) is 22.0. The lowest BCUT2D eigenvalue weighted by Gasteiger charge is -2.22. The van der Waals surface area contributed by atoms with Crippen molar-refractivity contribution < 1.29 is 27.7 Å². The van der Waals surface area contributed by atoms with Crippen LogP contribution in [0.2, 0.25) is 5.02 Å². The monoisotopic (exact) mass is 774 g/mol. The number of fused-ring (bicyclic) bond motifs is 1. The molecule has 0 amide bonds. The number of anilines is 1. The molecule has 0 saturated carbocycles. The summed E-state index contributed by atoms with van der Waals surface area (Å²) in [6.45, 7) is 0.469. The number of nitrogens with zero attached hydrogens (tertiary/aromatic N) is 6. The Kier molecular flexibility index (Phi) is 10.5. The second kappa shape index (κ2) is 15.5. The van der Waals surface area contributed by atoms with Crippen LogP contribution in [0.3, 0.4) is 0 Å². The average molecular weight is 775 g/mol. The van der Waals surface area contributed by atoms with Gasteiger partial charge < -0.3 is 23.5 Å². The molecule has 7 rings (SSSR count). The van der Waals surface area contributed by atoms with E-state index in [2.05, 4.69) is 14.3 Å². The van der Waals surface area contributed by atoms with E-state index in [9.17, 15) is 4.79 Å². The zero-order valence-corrected chi connectivity index (χ0v) is 30.7. The third kappa shape index (κ3) is 7.63. The van der Waals surface area contributed by atoms with Gasteiger partial charge in [-0.05, 0) is 66.0 Å². The minimum Gasteiger partial charge on any atom is -0.497 e. The Morgan fingerprint density at radius 3 is 2.42 bits per heavy atom. The summed E-state index contributed by atoms with van der Waals surface area (Å²) in [6.07, 6.45) is 5.99. The van der Waals surface area contributed by atoms with Crippen LogP contribution in [0.5, 0.6) is 28.7 Å². The molecule has 270 valence electrons. The molecule has 0 atom stereocenters. The molecular formula is C37H29ClF2N6O5S2. The van der Waals surface area contributed by atoms with Gasteiger partial charge in [-0.3, -0.25) is 13.5 Å². The number of rotatable bonds is 13. The molecule has 7 aromatic rings. The molecule has 0 unspecified atom stereocenters. The van der Waals surface area contributed by atoms with Crippen molar-refractivity contribution in [3.63, 3.8) is 0 Å². The third-order valence-electron chi connectivity index (χ3n) is 8.17. The van der Waals surface area contributed by atoms with Crippen molar-refractivity contribution in [2.75, 3.05) is 25.6 Å². The first-order valence-corrected chi connectivity index (χ1v) is 17.8. The van der Waals surface area contributed by atoms with Gasteiger partial charge in [0.15, 0.2) is 11.6 Å². The van der Waals surface area contributed by atoms with Crippen LogP contribution in [0.25, 0.3) is 16.8 Å². The molecule has 11 nitrogen and oxygen atoms in total. The zero-order chi connectivity index (χ0) is 37.1. The van der Waals surface area contributed by atoms with E-state index >= 15 is 8.78 Å². The highest BCUT2D eigenvalue weighted by Crippen LogP contribution is 2.40. The average Bonchev–Trinajstić information content (AvgIpc) is 3.90. The fourth-order valence-electron chi connectivity index (χ4n) is 5.55.